The molecule has 0 bridgehead atoms. The molecular weight excluding hydrogens is 613 g/mol. The first kappa shape index (κ1) is 29.7. The Kier molecular flexibility index (Phi) is 7.11. The molecule has 3 unspecified atom stereocenters. The SMILES string of the molecule is CC1CC=Cc2c1c1c(n2C2=CCC(c3c(C#N)cccc3-c3cnccc3-n3c4c(c5ccccc53)C=CC=CN4)C=C2)C=CC(C#N)C1. The predicted octanol–water partition coefficient (Wildman–Crippen LogP) is 10.1. The molecule has 0 radical (unpaired) electrons. The molecule has 1 N–H and O–H groups in total. The van der Waals surface area contributed by atoms with Gasteiger partial charge in [0, 0.05) is 58.1 Å². The minimum absolute atomic E-state index is 0.00430. The predicted molar refractivity (Wildman–Crippen MR) is 202 cm³/mol. The van der Waals surface area contributed by atoms with Gasteiger partial charge in [-0.05, 0) is 89.9 Å². The summed E-state index contributed by atoms with van der Waals surface area (Å²) in [6.45, 7) is 2.29. The summed E-state index contributed by atoms with van der Waals surface area (Å²) in [5.41, 5.74) is 13.1. The number of rotatable bonds is 4. The van der Waals surface area contributed by atoms with Crippen LogP contribution in [0.25, 0.3) is 51.6 Å². The molecule has 240 valence electrons. The molecular formula is C44H34N6. The summed E-state index contributed by atoms with van der Waals surface area (Å²) < 4.78 is 4.65. The first-order valence-electron chi connectivity index (χ1n) is 17.3. The maximum Gasteiger partial charge on any atom is 0.123 e. The highest BCUT2D eigenvalue weighted by molar-refractivity contribution is 5.99. The molecule has 0 fully saturated rings. The average molecular weight is 647 g/mol. The number of nitrogens with zero attached hydrogens (tertiary/aromatic N) is 5. The fraction of sp³-hybridized carbons (Fsp3) is 0.159. The summed E-state index contributed by atoms with van der Waals surface area (Å²) >= 11 is 0. The second kappa shape index (κ2) is 11.9. The number of fused-ring (bicyclic) bond motifs is 6. The normalized spacial score (nSPS) is 19.9. The molecule has 3 aliphatic carbocycles. The Bertz CT molecular complexity index is 2500. The van der Waals surface area contributed by atoms with Crippen LogP contribution >= 0.6 is 0 Å². The monoisotopic (exact) mass is 646 g/mol. The van der Waals surface area contributed by atoms with Crippen molar-refractivity contribution < 1.29 is 0 Å². The van der Waals surface area contributed by atoms with E-state index in [1.807, 2.05) is 42.9 Å². The van der Waals surface area contributed by atoms with Crippen LogP contribution in [-0.4, -0.2) is 14.1 Å². The molecule has 3 aromatic heterocycles. The second-order valence-corrected chi connectivity index (χ2v) is 13.4. The van der Waals surface area contributed by atoms with E-state index >= 15 is 0 Å². The summed E-state index contributed by atoms with van der Waals surface area (Å²) in [5, 5.41) is 24.9. The van der Waals surface area contributed by atoms with Gasteiger partial charge in [0.1, 0.15) is 5.82 Å². The van der Waals surface area contributed by atoms with Gasteiger partial charge in [0.05, 0.1) is 34.8 Å². The number of benzene rings is 2. The van der Waals surface area contributed by atoms with Crippen LogP contribution < -0.4 is 5.32 Å². The third-order valence-corrected chi connectivity index (χ3v) is 10.6. The molecule has 5 aromatic rings. The number of allylic oxidation sites excluding steroid dienone is 8. The molecule has 4 aliphatic rings. The molecule has 3 atom stereocenters. The summed E-state index contributed by atoms with van der Waals surface area (Å²) in [6.07, 6.45) is 30.0. The van der Waals surface area contributed by atoms with Crippen molar-refractivity contribution in [3.63, 3.8) is 0 Å². The highest BCUT2D eigenvalue weighted by atomic mass is 15.1. The zero-order valence-electron chi connectivity index (χ0n) is 27.7. The van der Waals surface area contributed by atoms with Crippen molar-refractivity contribution in [1.82, 2.24) is 14.1 Å². The summed E-state index contributed by atoms with van der Waals surface area (Å²) in [4.78, 5) is 4.62. The van der Waals surface area contributed by atoms with Crippen LogP contribution in [-0.2, 0) is 6.42 Å². The van der Waals surface area contributed by atoms with E-state index in [-0.39, 0.29) is 11.8 Å². The van der Waals surface area contributed by atoms with E-state index in [1.54, 1.807) is 0 Å². The van der Waals surface area contributed by atoms with Crippen molar-refractivity contribution in [3.8, 4) is 29.0 Å². The highest BCUT2D eigenvalue weighted by Crippen LogP contribution is 2.45. The van der Waals surface area contributed by atoms with E-state index < -0.39 is 0 Å². The quantitative estimate of drug-likeness (QED) is 0.211. The Labute approximate surface area is 291 Å². The Morgan fingerprint density at radius 2 is 1.78 bits per heavy atom. The molecule has 0 saturated heterocycles. The third-order valence-electron chi connectivity index (χ3n) is 10.6. The molecule has 6 nitrogen and oxygen atoms in total. The Morgan fingerprint density at radius 1 is 0.860 bits per heavy atom. The molecule has 0 saturated carbocycles. The van der Waals surface area contributed by atoms with Crippen LogP contribution in [0.5, 0.6) is 0 Å². The van der Waals surface area contributed by atoms with Gasteiger partial charge < -0.3 is 9.88 Å². The van der Waals surface area contributed by atoms with Crippen LogP contribution in [0.3, 0.4) is 0 Å². The van der Waals surface area contributed by atoms with E-state index in [2.05, 4.69) is 124 Å². The van der Waals surface area contributed by atoms with Gasteiger partial charge in [-0.3, -0.25) is 9.55 Å². The summed E-state index contributed by atoms with van der Waals surface area (Å²) in [5.74, 6) is 1.30. The van der Waals surface area contributed by atoms with Crippen molar-refractivity contribution in [3.05, 3.63) is 149 Å². The van der Waals surface area contributed by atoms with Crippen LogP contribution in [0.15, 0.2) is 110 Å². The maximum absolute atomic E-state index is 10.5. The maximum atomic E-state index is 10.5. The molecule has 6 heteroatoms. The van der Waals surface area contributed by atoms with Crippen molar-refractivity contribution in [2.24, 2.45) is 5.92 Å². The van der Waals surface area contributed by atoms with E-state index in [1.165, 1.54) is 22.5 Å². The number of pyridine rings is 1. The smallest absolute Gasteiger partial charge is 0.123 e. The molecule has 9 rings (SSSR count). The Morgan fingerprint density at radius 3 is 2.64 bits per heavy atom. The van der Waals surface area contributed by atoms with Crippen LogP contribution in [0, 0.1) is 28.6 Å². The van der Waals surface area contributed by atoms with Gasteiger partial charge >= 0.3 is 0 Å². The zero-order chi connectivity index (χ0) is 33.8. The lowest BCUT2D eigenvalue weighted by Gasteiger charge is -2.24. The number of anilines is 1. The number of hydrogen-bond donors (Lipinski definition) is 1. The molecule has 4 heterocycles. The van der Waals surface area contributed by atoms with Crippen molar-refractivity contribution in [2.45, 2.75) is 38.0 Å². The number of para-hydroxylation sites is 1. The molecule has 0 spiro atoms. The van der Waals surface area contributed by atoms with E-state index in [0.717, 1.165) is 69.6 Å². The zero-order valence-corrected chi connectivity index (χ0v) is 27.7. The fourth-order valence-corrected chi connectivity index (χ4v) is 8.38. The van der Waals surface area contributed by atoms with Gasteiger partial charge in [-0.25, -0.2) is 0 Å². The van der Waals surface area contributed by atoms with E-state index in [0.29, 0.717) is 11.5 Å². The largest absolute Gasteiger partial charge is 0.347 e. The van der Waals surface area contributed by atoms with Crippen molar-refractivity contribution in [1.29, 1.82) is 10.5 Å². The number of aromatic nitrogens is 3. The number of nitrogens with one attached hydrogen (secondary N) is 1. The number of nitriles is 2. The topological polar surface area (TPSA) is 82.4 Å². The second-order valence-electron chi connectivity index (χ2n) is 13.4. The van der Waals surface area contributed by atoms with Crippen molar-refractivity contribution >= 4 is 40.6 Å². The first-order valence-corrected chi connectivity index (χ1v) is 17.3. The third kappa shape index (κ3) is 4.57. The van der Waals surface area contributed by atoms with Gasteiger partial charge in [0.15, 0.2) is 0 Å². The Balaban J connectivity index is 1.16. The van der Waals surface area contributed by atoms with Crippen LogP contribution in [0.1, 0.15) is 70.8 Å². The standard InChI is InChI=1S/C44H34N6/c1-28-8-6-14-41-42(28)36-24-29(25-45)15-20-39(36)49(41)32-18-16-30(17-19-32)43-31(26-46)9-7-12-34(43)37-27-47-23-21-40(37)50-38-13-3-2-10-33(38)35-11-4-5-22-48-44(35)50/h2-7,9-16,18-23,27-30,48H,8,17,24H2,1H3. The fourth-order valence-electron chi connectivity index (χ4n) is 8.38. The van der Waals surface area contributed by atoms with Gasteiger partial charge in [-0.15, -0.1) is 0 Å². The minimum Gasteiger partial charge on any atom is -0.347 e. The molecule has 50 heavy (non-hydrogen) atoms. The van der Waals surface area contributed by atoms with Crippen molar-refractivity contribution in [2.75, 3.05) is 5.32 Å². The van der Waals surface area contributed by atoms with Crippen LogP contribution in [0.2, 0.25) is 0 Å². The first-order chi connectivity index (χ1) is 24.7. The summed E-state index contributed by atoms with van der Waals surface area (Å²) in [6, 6.07) is 21.5. The number of hydrogen-bond acceptors (Lipinski definition) is 4. The molecule has 2 aromatic carbocycles. The molecule has 0 amide bonds. The van der Waals surface area contributed by atoms with Gasteiger partial charge in [0.25, 0.3) is 0 Å². The van der Waals surface area contributed by atoms with Crippen LogP contribution in [0.4, 0.5) is 5.82 Å². The molecule has 1 aliphatic heterocycles. The van der Waals surface area contributed by atoms with Gasteiger partial charge in [0.2, 0.25) is 0 Å². The lowest BCUT2D eigenvalue weighted by atomic mass is 9.83. The minimum atomic E-state index is -0.0951. The van der Waals surface area contributed by atoms with E-state index in [9.17, 15) is 10.5 Å². The highest BCUT2D eigenvalue weighted by Gasteiger charge is 2.31. The lowest BCUT2D eigenvalue weighted by Crippen LogP contribution is -2.10. The van der Waals surface area contributed by atoms with E-state index in [4.69, 9.17) is 0 Å². The van der Waals surface area contributed by atoms with Gasteiger partial charge in [-0.1, -0.05) is 73.7 Å². The van der Waals surface area contributed by atoms with Gasteiger partial charge in [-0.2, -0.15) is 10.5 Å². The average Bonchev–Trinajstić information content (AvgIpc) is 3.55. The summed E-state index contributed by atoms with van der Waals surface area (Å²) in [7, 11) is 0. The Hall–Kier alpha value is -6.37. The lowest BCUT2D eigenvalue weighted by molar-refractivity contribution is 0.736.